The molecule has 7 heteroatoms. The Bertz CT molecular complexity index is 784. The van der Waals surface area contributed by atoms with Crippen molar-refractivity contribution in [2.45, 2.75) is 38.8 Å². The lowest BCUT2D eigenvalue weighted by Gasteiger charge is -2.35. The summed E-state index contributed by atoms with van der Waals surface area (Å²) in [6.07, 6.45) is 4.35. The molecule has 0 spiro atoms. The first-order chi connectivity index (χ1) is 13.5. The lowest BCUT2D eigenvalue weighted by Crippen LogP contribution is -2.50. The molecule has 1 saturated heterocycles. The number of nitrogens with zero attached hydrogens (tertiary/aromatic N) is 2. The van der Waals surface area contributed by atoms with Gasteiger partial charge >= 0.3 is 6.03 Å². The van der Waals surface area contributed by atoms with Gasteiger partial charge in [0, 0.05) is 25.7 Å². The van der Waals surface area contributed by atoms with Gasteiger partial charge in [0.15, 0.2) is 0 Å². The molecule has 0 saturated carbocycles. The highest BCUT2D eigenvalue weighted by atomic mass is 19.1. The molecule has 1 aliphatic rings. The van der Waals surface area contributed by atoms with Crippen LogP contribution in [-0.2, 0) is 0 Å². The van der Waals surface area contributed by atoms with E-state index in [2.05, 4.69) is 5.32 Å². The molecule has 1 fully saturated rings. The zero-order valence-electron chi connectivity index (χ0n) is 16.2. The zero-order valence-corrected chi connectivity index (χ0v) is 16.2. The molecule has 3 amide bonds. The van der Waals surface area contributed by atoms with E-state index < -0.39 is 0 Å². The molecular weight excluding hydrogens is 361 g/mol. The Hall–Kier alpha value is -2.83. The number of amides is 3. The molecular formula is C21H26FN3O3. The minimum absolute atomic E-state index is 0.0235. The molecule has 2 heterocycles. The van der Waals surface area contributed by atoms with Gasteiger partial charge in [0.2, 0.25) is 0 Å². The number of likely N-dealkylation sites (tertiary alicyclic amines) is 1. The van der Waals surface area contributed by atoms with Crippen molar-refractivity contribution in [3.63, 3.8) is 0 Å². The van der Waals surface area contributed by atoms with Crippen LogP contribution in [0.4, 0.5) is 9.18 Å². The molecule has 1 atom stereocenters. The van der Waals surface area contributed by atoms with Crippen LogP contribution in [0.1, 0.15) is 48.7 Å². The Labute approximate surface area is 164 Å². The molecule has 2 aromatic rings. The smallest absolute Gasteiger partial charge is 0.318 e. The number of nitrogens with one attached hydrogen (secondary N) is 1. The number of furan rings is 1. The van der Waals surface area contributed by atoms with Gasteiger partial charge in [-0.15, -0.1) is 0 Å². The third-order valence-corrected chi connectivity index (χ3v) is 5.30. The van der Waals surface area contributed by atoms with Crippen LogP contribution >= 0.6 is 0 Å². The highest BCUT2D eigenvalue weighted by molar-refractivity contribution is 5.93. The SMILES string of the molecule is CCN(C(=O)NC1CCN(C(=O)c2ccoc2)CC1)C(C)c1ccc(F)cc1. The van der Waals surface area contributed by atoms with Crippen LogP contribution in [0.25, 0.3) is 0 Å². The second-order valence-electron chi connectivity index (χ2n) is 7.04. The number of rotatable bonds is 5. The maximum Gasteiger partial charge on any atom is 0.318 e. The fourth-order valence-electron chi connectivity index (χ4n) is 3.57. The van der Waals surface area contributed by atoms with E-state index in [0.717, 1.165) is 5.56 Å². The first-order valence-corrected chi connectivity index (χ1v) is 9.63. The van der Waals surface area contributed by atoms with Gasteiger partial charge in [-0.05, 0) is 50.5 Å². The second kappa shape index (κ2) is 8.91. The van der Waals surface area contributed by atoms with Crippen molar-refractivity contribution in [2.75, 3.05) is 19.6 Å². The molecule has 1 aliphatic heterocycles. The zero-order chi connectivity index (χ0) is 20.1. The van der Waals surface area contributed by atoms with Crippen molar-refractivity contribution < 1.29 is 18.4 Å². The largest absolute Gasteiger partial charge is 0.472 e. The summed E-state index contributed by atoms with van der Waals surface area (Å²) in [6.45, 7) is 5.58. The Morgan fingerprint density at radius 3 is 2.50 bits per heavy atom. The van der Waals surface area contributed by atoms with E-state index in [4.69, 9.17) is 4.42 Å². The molecule has 1 aromatic heterocycles. The van der Waals surface area contributed by atoms with E-state index in [1.165, 1.54) is 24.7 Å². The summed E-state index contributed by atoms with van der Waals surface area (Å²) in [5.41, 5.74) is 1.44. The summed E-state index contributed by atoms with van der Waals surface area (Å²) in [4.78, 5) is 28.6. The monoisotopic (exact) mass is 387 g/mol. The Morgan fingerprint density at radius 1 is 1.25 bits per heavy atom. The van der Waals surface area contributed by atoms with Crippen molar-refractivity contribution in [2.24, 2.45) is 0 Å². The van der Waals surface area contributed by atoms with Crippen molar-refractivity contribution in [1.82, 2.24) is 15.1 Å². The van der Waals surface area contributed by atoms with Gasteiger partial charge in [0.05, 0.1) is 17.9 Å². The quantitative estimate of drug-likeness (QED) is 0.848. The van der Waals surface area contributed by atoms with E-state index in [-0.39, 0.29) is 29.8 Å². The van der Waals surface area contributed by atoms with Gasteiger partial charge in [0.1, 0.15) is 12.1 Å². The van der Waals surface area contributed by atoms with Gasteiger partial charge in [-0.3, -0.25) is 4.79 Å². The van der Waals surface area contributed by atoms with Crippen molar-refractivity contribution in [3.8, 4) is 0 Å². The summed E-state index contributed by atoms with van der Waals surface area (Å²) in [5, 5.41) is 3.08. The fourth-order valence-corrected chi connectivity index (χ4v) is 3.57. The maximum atomic E-state index is 13.2. The normalized spacial score (nSPS) is 15.9. The first kappa shape index (κ1) is 19.9. The van der Waals surface area contributed by atoms with E-state index in [9.17, 15) is 14.0 Å². The van der Waals surface area contributed by atoms with Crippen molar-refractivity contribution in [3.05, 3.63) is 59.8 Å². The van der Waals surface area contributed by atoms with Crippen molar-refractivity contribution >= 4 is 11.9 Å². The van der Waals surface area contributed by atoms with Gasteiger partial charge < -0.3 is 19.5 Å². The Balaban J connectivity index is 1.54. The van der Waals surface area contributed by atoms with Crippen LogP contribution in [0, 0.1) is 5.82 Å². The molecule has 3 rings (SSSR count). The molecule has 1 unspecified atom stereocenters. The number of carbonyl (C=O) groups is 2. The number of halogens is 1. The number of hydrogen-bond donors (Lipinski definition) is 1. The molecule has 0 bridgehead atoms. The number of urea groups is 1. The van der Waals surface area contributed by atoms with E-state index >= 15 is 0 Å². The van der Waals surface area contributed by atoms with E-state index in [0.29, 0.717) is 38.0 Å². The van der Waals surface area contributed by atoms with Crippen LogP contribution in [0.3, 0.4) is 0 Å². The minimum atomic E-state index is -0.292. The third-order valence-electron chi connectivity index (χ3n) is 5.30. The number of hydrogen-bond acceptors (Lipinski definition) is 3. The Kier molecular flexibility index (Phi) is 6.34. The highest BCUT2D eigenvalue weighted by Gasteiger charge is 2.27. The summed E-state index contributed by atoms with van der Waals surface area (Å²) in [5.74, 6) is -0.334. The third kappa shape index (κ3) is 4.52. The summed E-state index contributed by atoms with van der Waals surface area (Å²) >= 11 is 0. The topological polar surface area (TPSA) is 65.8 Å². The van der Waals surface area contributed by atoms with E-state index in [1.807, 2.05) is 13.8 Å². The highest BCUT2D eigenvalue weighted by Crippen LogP contribution is 2.21. The number of benzene rings is 1. The number of piperidine rings is 1. The van der Waals surface area contributed by atoms with E-state index in [1.54, 1.807) is 28.0 Å². The average Bonchev–Trinajstić information content (AvgIpc) is 3.24. The molecule has 1 N–H and O–H groups in total. The van der Waals surface area contributed by atoms with Gasteiger partial charge in [-0.25, -0.2) is 9.18 Å². The molecule has 0 aliphatic carbocycles. The molecule has 6 nitrogen and oxygen atoms in total. The summed E-state index contributed by atoms with van der Waals surface area (Å²) < 4.78 is 18.1. The second-order valence-corrected chi connectivity index (χ2v) is 7.04. The van der Waals surface area contributed by atoms with Gasteiger partial charge in [-0.1, -0.05) is 12.1 Å². The maximum absolute atomic E-state index is 13.2. The first-order valence-electron chi connectivity index (χ1n) is 9.63. The molecule has 0 radical (unpaired) electrons. The summed E-state index contributed by atoms with van der Waals surface area (Å²) in [6, 6.07) is 7.61. The lowest BCUT2D eigenvalue weighted by molar-refractivity contribution is 0.0705. The lowest BCUT2D eigenvalue weighted by atomic mass is 10.0. The predicted molar refractivity (Wildman–Crippen MR) is 103 cm³/mol. The molecule has 150 valence electrons. The van der Waals surface area contributed by atoms with Crippen LogP contribution in [0.5, 0.6) is 0 Å². The number of carbonyl (C=O) groups excluding carboxylic acids is 2. The van der Waals surface area contributed by atoms with Crippen LogP contribution in [-0.4, -0.2) is 47.4 Å². The Morgan fingerprint density at radius 2 is 1.93 bits per heavy atom. The summed E-state index contributed by atoms with van der Waals surface area (Å²) in [7, 11) is 0. The van der Waals surface area contributed by atoms with Crippen LogP contribution in [0.15, 0.2) is 47.3 Å². The van der Waals surface area contributed by atoms with Crippen molar-refractivity contribution in [1.29, 1.82) is 0 Å². The molecule has 1 aromatic carbocycles. The average molecular weight is 387 g/mol. The van der Waals surface area contributed by atoms with Gasteiger partial charge in [-0.2, -0.15) is 0 Å². The molecule has 28 heavy (non-hydrogen) atoms. The standard InChI is InChI=1S/C21H26FN3O3/c1-3-25(15(2)16-4-6-18(22)7-5-16)21(27)23-19-8-11-24(12-9-19)20(26)17-10-13-28-14-17/h4-7,10,13-15,19H,3,8-9,11-12H2,1-2H3,(H,23,27). The van der Waals surface area contributed by atoms with Gasteiger partial charge in [0.25, 0.3) is 5.91 Å². The van der Waals surface area contributed by atoms with Crippen LogP contribution in [0.2, 0.25) is 0 Å². The van der Waals surface area contributed by atoms with Crippen LogP contribution < -0.4 is 5.32 Å². The minimum Gasteiger partial charge on any atom is -0.472 e. The predicted octanol–water partition coefficient (Wildman–Crippen LogP) is 3.82. The fraction of sp³-hybridized carbons (Fsp3) is 0.429.